The van der Waals surface area contributed by atoms with Crippen LogP contribution in [0, 0.1) is 5.92 Å². The molecule has 1 atom stereocenters. The molecule has 3 rings (SSSR count). The number of rotatable bonds is 3. The lowest BCUT2D eigenvalue weighted by Crippen LogP contribution is -2.30. The normalized spacial score (nSPS) is 23.6. The van der Waals surface area contributed by atoms with Crippen molar-refractivity contribution in [2.75, 3.05) is 10.1 Å². The van der Waals surface area contributed by atoms with E-state index in [-0.39, 0.29) is 34.0 Å². The number of hydrogen-bond donors (Lipinski definition) is 1. The lowest BCUT2D eigenvalue weighted by atomic mass is 10.1. The summed E-state index contributed by atoms with van der Waals surface area (Å²) in [6.45, 7) is 1.57. The Balaban J connectivity index is 1.91. The molecule has 0 radical (unpaired) electrons. The van der Waals surface area contributed by atoms with Crippen LogP contribution in [0.1, 0.15) is 30.1 Å². The number of nitrogens with one attached hydrogen (secondary N) is 1. The molecule has 8 heteroatoms. The van der Waals surface area contributed by atoms with Gasteiger partial charge >= 0.3 is 0 Å². The Kier molecular flexibility index (Phi) is 3.65. The van der Waals surface area contributed by atoms with Gasteiger partial charge in [-0.25, -0.2) is 12.7 Å². The molecule has 6 nitrogen and oxygen atoms in total. The summed E-state index contributed by atoms with van der Waals surface area (Å²) < 4.78 is 24.9. The molecule has 22 heavy (non-hydrogen) atoms. The van der Waals surface area contributed by atoms with Gasteiger partial charge in [0.2, 0.25) is 15.9 Å². The quantitative estimate of drug-likeness (QED) is 0.903. The van der Waals surface area contributed by atoms with Crippen LogP contribution >= 0.6 is 11.6 Å². The minimum Gasteiger partial charge on any atom is -0.349 e. The number of carbonyl (C=O) groups excluding carboxylic acids is 2. The van der Waals surface area contributed by atoms with Gasteiger partial charge in [-0.15, -0.1) is 0 Å². The third-order valence-corrected chi connectivity index (χ3v) is 5.89. The number of hydrogen-bond acceptors (Lipinski definition) is 4. The monoisotopic (exact) mass is 342 g/mol. The summed E-state index contributed by atoms with van der Waals surface area (Å²) in [6.07, 6.45) is 1.92. The number of sulfonamides is 1. The van der Waals surface area contributed by atoms with Crippen LogP contribution in [-0.2, 0) is 14.8 Å². The first kappa shape index (κ1) is 15.3. The first-order chi connectivity index (χ1) is 10.3. The smallest absolute Gasteiger partial charge is 0.253 e. The van der Waals surface area contributed by atoms with Crippen molar-refractivity contribution in [2.24, 2.45) is 5.92 Å². The molecule has 2 aliphatic rings. The van der Waals surface area contributed by atoms with E-state index in [4.69, 9.17) is 11.6 Å². The van der Waals surface area contributed by atoms with Gasteiger partial charge in [0.25, 0.3) is 5.91 Å². The van der Waals surface area contributed by atoms with Gasteiger partial charge in [-0.2, -0.15) is 0 Å². The fourth-order valence-corrected chi connectivity index (χ4v) is 4.47. The zero-order valence-electron chi connectivity index (χ0n) is 11.9. The van der Waals surface area contributed by atoms with Crippen LogP contribution in [0.5, 0.6) is 0 Å². The summed E-state index contributed by atoms with van der Waals surface area (Å²) in [4.78, 5) is 24.0. The van der Waals surface area contributed by atoms with Crippen LogP contribution in [-0.4, -0.2) is 32.0 Å². The highest BCUT2D eigenvalue weighted by molar-refractivity contribution is 7.94. The molecule has 0 unspecified atom stereocenters. The standard InChI is InChI=1S/C14H15ClN2O4S/c1-8-7-22(20,21)17(14(8)19)10-4-5-11(12(15)6-10)13(18)16-9-2-3-9/h4-6,8-9H,2-3,7H2,1H3,(H,16,18)/t8-/m0/s1. The first-order valence-electron chi connectivity index (χ1n) is 6.97. The Morgan fingerprint density at radius 1 is 1.36 bits per heavy atom. The highest BCUT2D eigenvalue weighted by atomic mass is 35.5. The van der Waals surface area contributed by atoms with Crippen molar-refractivity contribution >= 4 is 39.1 Å². The molecule has 1 aromatic rings. The number of benzene rings is 1. The van der Waals surface area contributed by atoms with Crippen molar-refractivity contribution < 1.29 is 18.0 Å². The van der Waals surface area contributed by atoms with E-state index in [0.717, 1.165) is 17.1 Å². The van der Waals surface area contributed by atoms with Crippen molar-refractivity contribution in [2.45, 2.75) is 25.8 Å². The topological polar surface area (TPSA) is 83.6 Å². The Bertz CT molecular complexity index is 758. The van der Waals surface area contributed by atoms with Crippen molar-refractivity contribution in [3.05, 3.63) is 28.8 Å². The minimum absolute atomic E-state index is 0.123. The molecule has 0 aromatic heterocycles. The molecule has 1 aliphatic carbocycles. The zero-order valence-corrected chi connectivity index (χ0v) is 13.4. The zero-order chi connectivity index (χ0) is 16.1. The minimum atomic E-state index is -3.67. The number of carbonyl (C=O) groups is 2. The average Bonchev–Trinajstić information content (AvgIpc) is 3.18. The maximum Gasteiger partial charge on any atom is 0.253 e. The van der Waals surface area contributed by atoms with Gasteiger partial charge < -0.3 is 5.32 Å². The van der Waals surface area contributed by atoms with E-state index in [1.54, 1.807) is 6.92 Å². The Morgan fingerprint density at radius 2 is 2.05 bits per heavy atom. The molecule has 1 heterocycles. The molecule has 0 spiro atoms. The van der Waals surface area contributed by atoms with Gasteiger partial charge in [0.15, 0.2) is 0 Å². The van der Waals surface area contributed by atoms with E-state index < -0.39 is 21.8 Å². The molecule has 1 aliphatic heterocycles. The number of halogens is 1. The molecule has 2 amide bonds. The van der Waals surface area contributed by atoms with Crippen LogP contribution in [0.15, 0.2) is 18.2 Å². The predicted molar refractivity (Wildman–Crippen MR) is 82.4 cm³/mol. The second-order valence-electron chi connectivity index (χ2n) is 5.69. The number of nitrogens with zero attached hydrogens (tertiary/aromatic N) is 1. The van der Waals surface area contributed by atoms with E-state index in [1.165, 1.54) is 18.2 Å². The van der Waals surface area contributed by atoms with Crippen molar-refractivity contribution in [3.8, 4) is 0 Å². The van der Waals surface area contributed by atoms with E-state index >= 15 is 0 Å². The highest BCUT2D eigenvalue weighted by Crippen LogP contribution is 2.31. The van der Waals surface area contributed by atoms with Crippen LogP contribution in [0.3, 0.4) is 0 Å². The molecule has 1 saturated heterocycles. The Hall–Kier alpha value is -1.60. The van der Waals surface area contributed by atoms with Crippen LogP contribution in [0.25, 0.3) is 0 Å². The first-order valence-corrected chi connectivity index (χ1v) is 8.95. The van der Waals surface area contributed by atoms with Crippen molar-refractivity contribution in [3.63, 3.8) is 0 Å². The van der Waals surface area contributed by atoms with Crippen LogP contribution in [0.2, 0.25) is 5.02 Å². The van der Waals surface area contributed by atoms with Crippen LogP contribution in [0.4, 0.5) is 5.69 Å². The molecule has 0 bridgehead atoms. The fourth-order valence-electron chi connectivity index (χ4n) is 2.39. The Morgan fingerprint density at radius 3 is 2.55 bits per heavy atom. The number of amides is 2. The van der Waals surface area contributed by atoms with Gasteiger partial charge in [0, 0.05) is 6.04 Å². The third-order valence-electron chi connectivity index (χ3n) is 3.70. The fraction of sp³-hybridized carbons (Fsp3) is 0.429. The number of anilines is 1. The van der Waals surface area contributed by atoms with E-state index in [9.17, 15) is 18.0 Å². The van der Waals surface area contributed by atoms with E-state index in [2.05, 4.69) is 5.32 Å². The average molecular weight is 343 g/mol. The molecular formula is C14H15ClN2O4S. The second-order valence-corrected chi connectivity index (χ2v) is 7.96. The van der Waals surface area contributed by atoms with E-state index in [1.807, 2.05) is 0 Å². The molecule has 2 fully saturated rings. The lowest BCUT2D eigenvalue weighted by molar-refractivity contribution is -0.119. The molecule has 1 N–H and O–H groups in total. The Labute approximate surface area is 133 Å². The SMILES string of the molecule is C[C@H]1CS(=O)(=O)N(c2ccc(C(=O)NC3CC3)c(Cl)c2)C1=O. The van der Waals surface area contributed by atoms with Gasteiger partial charge in [0.05, 0.1) is 27.9 Å². The van der Waals surface area contributed by atoms with Crippen molar-refractivity contribution in [1.29, 1.82) is 0 Å². The molecule has 1 aromatic carbocycles. The largest absolute Gasteiger partial charge is 0.349 e. The summed E-state index contributed by atoms with van der Waals surface area (Å²) in [5, 5.41) is 2.93. The van der Waals surface area contributed by atoms with Gasteiger partial charge in [0.1, 0.15) is 0 Å². The van der Waals surface area contributed by atoms with Gasteiger partial charge in [-0.3, -0.25) is 9.59 Å². The summed E-state index contributed by atoms with van der Waals surface area (Å²) in [5.41, 5.74) is 0.441. The highest BCUT2D eigenvalue weighted by Gasteiger charge is 2.42. The third kappa shape index (κ3) is 2.70. The van der Waals surface area contributed by atoms with E-state index in [0.29, 0.717) is 0 Å². The lowest BCUT2D eigenvalue weighted by Gasteiger charge is -2.16. The van der Waals surface area contributed by atoms with Gasteiger partial charge in [-0.1, -0.05) is 18.5 Å². The molecule has 1 saturated carbocycles. The van der Waals surface area contributed by atoms with Crippen molar-refractivity contribution in [1.82, 2.24) is 5.32 Å². The predicted octanol–water partition coefficient (Wildman–Crippen LogP) is 1.54. The molecule has 118 valence electrons. The van der Waals surface area contributed by atoms with Crippen LogP contribution < -0.4 is 9.62 Å². The van der Waals surface area contributed by atoms with Gasteiger partial charge in [-0.05, 0) is 31.0 Å². The second kappa shape index (κ2) is 5.24. The maximum absolute atomic E-state index is 12.0. The summed E-state index contributed by atoms with van der Waals surface area (Å²) >= 11 is 6.09. The summed E-state index contributed by atoms with van der Waals surface area (Å²) in [6, 6.07) is 4.42. The summed E-state index contributed by atoms with van der Waals surface area (Å²) in [5.74, 6) is -1.57. The molecular weight excluding hydrogens is 328 g/mol. The maximum atomic E-state index is 12.0. The summed E-state index contributed by atoms with van der Waals surface area (Å²) in [7, 11) is -3.67.